The highest BCUT2D eigenvalue weighted by atomic mass is 35.5. The number of hydrogen-bond donors (Lipinski definition) is 0. The molecule has 1 aromatic carbocycles. The Balaban J connectivity index is 1.49. The molecule has 1 unspecified atom stereocenters. The largest absolute Gasteiger partial charge is 0.337 e. The van der Waals surface area contributed by atoms with Crippen molar-refractivity contribution in [3.8, 4) is 0 Å². The summed E-state index contributed by atoms with van der Waals surface area (Å²) >= 11 is 6.00. The molecule has 2 heterocycles. The van der Waals surface area contributed by atoms with Gasteiger partial charge in [-0.3, -0.25) is 4.79 Å². The normalized spacial score (nSPS) is 24.1. The van der Waals surface area contributed by atoms with Crippen molar-refractivity contribution < 1.29 is 9.18 Å². The molecule has 5 nitrogen and oxygen atoms in total. The van der Waals surface area contributed by atoms with E-state index >= 15 is 0 Å². The predicted octanol–water partition coefficient (Wildman–Crippen LogP) is 4.21. The minimum atomic E-state index is -0.519. The van der Waals surface area contributed by atoms with Crippen molar-refractivity contribution in [3.63, 3.8) is 0 Å². The number of amides is 1. The average Bonchev–Trinajstić information content (AvgIpc) is 3.09. The molecule has 1 atom stereocenters. The van der Waals surface area contributed by atoms with Crippen LogP contribution in [0.1, 0.15) is 66.7 Å². The zero-order valence-electron chi connectivity index (χ0n) is 15.1. The second kappa shape index (κ2) is 6.30. The first kappa shape index (κ1) is 17.2. The van der Waals surface area contributed by atoms with Gasteiger partial charge in [-0.25, -0.2) is 4.39 Å². The van der Waals surface area contributed by atoms with Crippen LogP contribution in [0.3, 0.4) is 0 Å². The van der Waals surface area contributed by atoms with Gasteiger partial charge >= 0.3 is 0 Å². The SMILES string of the molecule is O=C(c1cc(Cl)ccc1F)N1CC(c2nncn2C2CC2)C2(CCCC2)C1. The average molecular weight is 389 g/mol. The molecule has 27 heavy (non-hydrogen) atoms. The lowest BCUT2D eigenvalue weighted by molar-refractivity contribution is 0.0768. The molecule has 5 rings (SSSR count). The first-order chi connectivity index (χ1) is 13.1. The van der Waals surface area contributed by atoms with Crippen molar-refractivity contribution in [2.75, 3.05) is 13.1 Å². The van der Waals surface area contributed by atoms with Crippen molar-refractivity contribution >= 4 is 17.5 Å². The Morgan fingerprint density at radius 2 is 2.04 bits per heavy atom. The number of hydrogen-bond acceptors (Lipinski definition) is 3. The van der Waals surface area contributed by atoms with Gasteiger partial charge in [0.1, 0.15) is 18.0 Å². The lowest BCUT2D eigenvalue weighted by atomic mass is 9.76. The van der Waals surface area contributed by atoms with E-state index in [1.807, 2.05) is 6.33 Å². The maximum Gasteiger partial charge on any atom is 0.256 e. The lowest BCUT2D eigenvalue weighted by Gasteiger charge is -2.29. The van der Waals surface area contributed by atoms with Gasteiger partial charge in [0.25, 0.3) is 5.91 Å². The minimum absolute atomic E-state index is 0.0321. The molecule has 0 radical (unpaired) electrons. The monoisotopic (exact) mass is 388 g/mol. The Morgan fingerprint density at radius 1 is 1.26 bits per heavy atom. The van der Waals surface area contributed by atoms with Crippen LogP contribution >= 0.6 is 11.6 Å². The molecule has 1 amide bonds. The number of carbonyl (C=O) groups excluding carboxylic acids is 1. The van der Waals surface area contributed by atoms with Crippen molar-refractivity contribution in [3.05, 3.63) is 46.8 Å². The fraction of sp³-hybridized carbons (Fsp3) is 0.550. The van der Waals surface area contributed by atoms with E-state index in [0.29, 0.717) is 24.2 Å². The molecule has 2 aromatic rings. The highest BCUT2D eigenvalue weighted by molar-refractivity contribution is 6.31. The number of nitrogens with zero attached hydrogens (tertiary/aromatic N) is 4. The molecule has 3 fully saturated rings. The molecule has 1 aromatic heterocycles. The minimum Gasteiger partial charge on any atom is -0.337 e. The van der Waals surface area contributed by atoms with E-state index in [0.717, 1.165) is 18.7 Å². The number of likely N-dealkylation sites (tertiary alicyclic amines) is 1. The van der Waals surface area contributed by atoms with Gasteiger partial charge in [0, 0.05) is 30.1 Å². The molecule has 142 valence electrons. The molecular formula is C20H22ClFN4O. The van der Waals surface area contributed by atoms with E-state index in [1.54, 1.807) is 4.90 Å². The van der Waals surface area contributed by atoms with Crippen LogP contribution in [-0.2, 0) is 0 Å². The Morgan fingerprint density at radius 3 is 2.78 bits per heavy atom. The quantitative estimate of drug-likeness (QED) is 0.791. The van der Waals surface area contributed by atoms with Crippen LogP contribution in [0.15, 0.2) is 24.5 Å². The summed E-state index contributed by atoms with van der Waals surface area (Å²) in [6.45, 7) is 1.22. The molecule has 7 heteroatoms. The molecule has 0 bridgehead atoms. The van der Waals surface area contributed by atoms with E-state index < -0.39 is 5.82 Å². The summed E-state index contributed by atoms with van der Waals surface area (Å²) in [5, 5.41) is 9.00. The van der Waals surface area contributed by atoms with Crippen molar-refractivity contribution in [2.45, 2.75) is 50.5 Å². The molecule has 0 N–H and O–H groups in total. The van der Waals surface area contributed by atoms with E-state index in [4.69, 9.17) is 11.6 Å². The fourth-order valence-corrected chi connectivity index (χ4v) is 5.20. The number of halogens is 2. The predicted molar refractivity (Wildman–Crippen MR) is 99.2 cm³/mol. The first-order valence-corrected chi connectivity index (χ1v) is 10.1. The van der Waals surface area contributed by atoms with E-state index in [-0.39, 0.29) is 22.8 Å². The maximum absolute atomic E-state index is 14.3. The van der Waals surface area contributed by atoms with Gasteiger partial charge in [-0.05, 0) is 49.3 Å². The van der Waals surface area contributed by atoms with E-state index in [2.05, 4.69) is 14.8 Å². The Hall–Kier alpha value is -1.95. The Kier molecular flexibility index (Phi) is 4.00. The fourth-order valence-electron chi connectivity index (χ4n) is 5.03. The van der Waals surface area contributed by atoms with Gasteiger partial charge < -0.3 is 9.47 Å². The highest BCUT2D eigenvalue weighted by Gasteiger charge is 2.52. The molecule has 2 aliphatic carbocycles. The third-order valence-corrected chi connectivity index (χ3v) is 6.78. The number of carbonyl (C=O) groups is 1. The van der Waals surface area contributed by atoms with Crippen molar-refractivity contribution in [1.29, 1.82) is 0 Å². The van der Waals surface area contributed by atoms with Crippen molar-refractivity contribution in [1.82, 2.24) is 19.7 Å². The smallest absolute Gasteiger partial charge is 0.256 e. The van der Waals surface area contributed by atoms with E-state index in [9.17, 15) is 9.18 Å². The molecule has 1 spiro atoms. The van der Waals surface area contributed by atoms with Crippen LogP contribution in [0.5, 0.6) is 0 Å². The second-order valence-electron chi connectivity index (χ2n) is 8.26. The Bertz CT molecular complexity index is 888. The van der Waals surface area contributed by atoms with Gasteiger partial charge in [0.2, 0.25) is 0 Å². The standard InChI is InChI=1S/C20H22ClFN4O/c21-13-3-6-17(22)15(9-13)19(27)25-10-16(20(11-25)7-1-2-8-20)18-24-23-12-26(18)14-4-5-14/h3,6,9,12,14,16H,1-2,4-5,7-8,10-11H2. The zero-order valence-corrected chi connectivity index (χ0v) is 15.8. The molecule has 1 saturated heterocycles. The Labute approximate surface area is 162 Å². The number of rotatable bonds is 3. The van der Waals surface area contributed by atoms with Gasteiger partial charge in [0.15, 0.2) is 0 Å². The van der Waals surface area contributed by atoms with E-state index in [1.165, 1.54) is 43.9 Å². The van der Waals surface area contributed by atoms with Crippen LogP contribution in [0.25, 0.3) is 0 Å². The molecule has 3 aliphatic rings. The first-order valence-electron chi connectivity index (χ1n) is 9.71. The third-order valence-electron chi connectivity index (χ3n) is 6.55. The second-order valence-corrected chi connectivity index (χ2v) is 8.70. The summed E-state index contributed by atoms with van der Waals surface area (Å²) in [4.78, 5) is 14.9. The summed E-state index contributed by atoms with van der Waals surface area (Å²) in [6.07, 6.45) is 8.66. The summed E-state index contributed by atoms with van der Waals surface area (Å²) in [6, 6.07) is 4.67. The molecular weight excluding hydrogens is 367 g/mol. The maximum atomic E-state index is 14.3. The summed E-state index contributed by atoms with van der Waals surface area (Å²) in [7, 11) is 0. The van der Waals surface area contributed by atoms with Crippen LogP contribution in [0.2, 0.25) is 5.02 Å². The van der Waals surface area contributed by atoms with Crippen LogP contribution in [0.4, 0.5) is 4.39 Å². The van der Waals surface area contributed by atoms with Crippen LogP contribution < -0.4 is 0 Å². The highest BCUT2D eigenvalue weighted by Crippen LogP contribution is 2.54. The van der Waals surface area contributed by atoms with Gasteiger partial charge in [-0.15, -0.1) is 10.2 Å². The number of aromatic nitrogens is 3. The van der Waals surface area contributed by atoms with Crippen LogP contribution in [0, 0.1) is 11.2 Å². The summed E-state index contributed by atoms with van der Waals surface area (Å²) in [5.41, 5.74) is 0.0876. The zero-order chi connectivity index (χ0) is 18.6. The topological polar surface area (TPSA) is 51.0 Å². The van der Waals surface area contributed by atoms with Crippen LogP contribution in [-0.4, -0.2) is 38.7 Å². The molecule has 1 aliphatic heterocycles. The summed E-state index contributed by atoms with van der Waals surface area (Å²) in [5.74, 6) is 0.367. The number of benzene rings is 1. The third kappa shape index (κ3) is 2.85. The molecule has 2 saturated carbocycles. The van der Waals surface area contributed by atoms with Crippen molar-refractivity contribution in [2.24, 2.45) is 5.41 Å². The van der Waals surface area contributed by atoms with Gasteiger partial charge in [-0.2, -0.15) is 0 Å². The van der Waals surface area contributed by atoms with Gasteiger partial charge in [0.05, 0.1) is 5.56 Å². The van der Waals surface area contributed by atoms with Gasteiger partial charge in [-0.1, -0.05) is 24.4 Å². The summed E-state index contributed by atoms with van der Waals surface area (Å²) < 4.78 is 16.5. The lowest BCUT2D eigenvalue weighted by Crippen LogP contribution is -2.31.